The number of hydrogen-bond donors (Lipinski definition) is 2. The Balaban J connectivity index is 0.00000289. The number of aliphatic imine (C=N–C) groups is 1. The minimum atomic E-state index is -0.274. The van der Waals surface area contributed by atoms with Gasteiger partial charge < -0.3 is 20.3 Å². The molecule has 0 aliphatic carbocycles. The fourth-order valence-electron chi connectivity index (χ4n) is 4.28. The second-order valence-electron chi connectivity index (χ2n) is 8.05. The number of nitrogens with one attached hydrogen (secondary N) is 2. The van der Waals surface area contributed by atoms with E-state index < -0.39 is 0 Å². The molecule has 10 heteroatoms. The fourth-order valence-corrected chi connectivity index (χ4v) is 5.14. The Bertz CT molecular complexity index is 870. The highest BCUT2D eigenvalue weighted by molar-refractivity contribution is 14.0. The number of aromatic nitrogens is 1. The van der Waals surface area contributed by atoms with Gasteiger partial charge in [-0.15, -0.1) is 35.3 Å². The SMILES string of the molecule is CN=C(NCC(c1cccs1)N1CCOC(C)C1)NC1CCN(c2ncccc2F)C1.I. The number of rotatable bonds is 6. The van der Waals surface area contributed by atoms with Crippen LogP contribution in [-0.4, -0.2) is 74.4 Å². The number of halogens is 2. The predicted octanol–water partition coefficient (Wildman–Crippen LogP) is 3.11. The smallest absolute Gasteiger partial charge is 0.191 e. The van der Waals surface area contributed by atoms with Gasteiger partial charge in [0, 0.05) is 56.9 Å². The van der Waals surface area contributed by atoms with Gasteiger partial charge in [0.05, 0.1) is 18.8 Å². The first-order chi connectivity index (χ1) is 15.1. The van der Waals surface area contributed by atoms with Crippen LogP contribution in [0, 0.1) is 5.82 Å². The average Bonchev–Trinajstić information content (AvgIpc) is 3.46. The van der Waals surface area contributed by atoms with Crippen molar-refractivity contribution in [2.24, 2.45) is 4.99 Å². The molecule has 2 aromatic heterocycles. The molecule has 2 aromatic rings. The van der Waals surface area contributed by atoms with E-state index in [0.717, 1.165) is 45.2 Å². The van der Waals surface area contributed by atoms with Gasteiger partial charge in [-0.25, -0.2) is 9.37 Å². The Hall–Kier alpha value is -1.50. The minimum absolute atomic E-state index is 0. The maximum atomic E-state index is 14.1. The molecule has 0 amide bonds. The number of thiophene rings is 1. The molecule has 7 nitrogen and oxygen atoms in total. The van der Waals surface area contributed by atoms with Crippen LogP contribution in [0.25, 0.3) is 0 Å². The van der Waals surface area contributed by atoms with Gasteiger partial charge >= 0.3 is 0 Å². The van der Waals surface area contributed by atoms with Crippen molar-refractivity contribution in [1.82, 2.24) is 20.5 Å². The van der Waals surface area contributed by atoms with Crippen molar-refractivity contribution in [3.8, 4) is 0 Å². The molecule has 32 heavy (non-hydrogen) atoms. The van der Waals surface area contributed by atoms with Crippen molar-refractivity contribution in [2.45, 2.75) is 31.5 Å². The number of morpholine rings is 1. The van der Waals surface area contributed by atoms with Crippen molar-refractivity contribution in [1.29, 1.82) is 0 Å². The summed E-state index contributed by atoms with van der Waals surface area (Å²) >= 11 is 1.79. The summed E-state index contributed by atoms with van der Waals surface area (Å²) in [5.41, 5.74) is 0. The number of guanidine groups is 1. The van der Waals surface area contributed by atoms with Crippen molar-refractivity contribution in [3.63, 3.8) is 0 Å². The molecular formula is C22H32FIN6OS. The highest BCUT2D eigenvalue weighted by atomic mass is 127. The maximum absolute atomic E-state index is 14.1. The first-order valence-electron chi connectivity index (χ1n) is 10.9. The van der Waals surface area contributed by atoms with E-state index in [1.807, 2.05) is 4.90 Å². The fraction of sp³-hybridized carbons (Fsp3) is 0.545. The molecule has 0 bridgehead atoms. The van der Waals surface area contributed by atoms with E-state index in [1.165, 1.54) is 10.9 Å². The van der Waals surface area contributed by atoms with Crippen LogP contribution >= 0.6 is 35.3 Å². The van der Waals surface area contributed by atoms with Gasteiger partial charge in [-0.2, -0.15) is 0 Å². The van der Waals surface area contributed by atoms with Gasteiger partial charge in [-0.05, 0) is 36.9 Å². The molecule has 2 aliphatic rings. The highest BCUT2D eigenvalue weighted by Crippen LogP contribution is 2.26. The summed E-state index contributed by atoms with van der Waals surface area (Å²) in [4.78, 5) is 14.4. The molecule has 2 fully saturated rings. The second kappa shape index (κ2) is 12.1. The number of anilines is 1. The van der Waals surface area contributed by atoms with Crippen LogP contribution in [0.4, 0.5) is 10.2 Å². The van der Waals surface area contributed by atoms with Gasteiger partial charge in [-0.1, -0.05) is 6.07 Å². The van der Waals surface area contributed by atoms with Crippen molar-refractivity contribution in [2.75, 3.05) is 51.3 Å². The minimum Gasteiger partial charge on any atom is -0.376 e. The monoisotopic (exact) mass is 574 g/mol. The Morgan fingerprint density at radius 3 is 2.94 bits per heavy atom. The molecule has 4 rings (SSSR count). The van der Waals surface area contributed by atoms with E-state index in [4.69, 9.17) is 4.74 Å². The Labute approximate surface area is 210 Å². The van der Waals surface area contributed by atoms with Crippen LogP contribution in [-0.2, 0) is 4.74 Å². The van der Waals surface area contributed by atoms with Crippen molar-refractivity contribution >= 4 is 47.1 Å². The second-order valence-corrected chi connectivity index (χ2v) is 9.02. The van der Waals surface area contributed by atoms with Crippen LogP contribution in [0.5, 0.6) is 0 Å². The average molecular weight is 575 g/mol. The Morgan fingerprint density at radius 1 is 1.34 bits per heavy atom. The van der Waals surface area contributed by atoms with E-state index in [1.54, 1.807) is 30.6 Å². The maximum Gasteiger partial charge on any atom is 0.191 e. The molecule has 0 saturated carbocycles. The number of pyridine rings is 1. The molecule has 0 radical (unpaired) electrons. The zero-order chi connectivity index (χ0) is 21.6. The first kappa shape index (κ1) is 25.1. The lowest BCUT2D eigenvalue weighted by molar-refractivity contribution is -0.0334. The number of hydrogen-bond acceptors (Lipinski definition) is 6. The first-order valence-corrected chi connectivity index (χ1v) is 11.7. The number of nitrogens with zero attached hydrogens (tertiary/aromatic N) is 4. The molecule has 3 atom stereocenters. The summed E-state index contributed by atoms with van der Waals surface area (Å²) < 4.78 is 19.8. The summed E-state index contributed by atoms with van der Waals surface area (Å²) in [5, 5.41) is 9.15. The standard InChI is InChI=1S/C22H31FN6OS.HI/c1-16-14-28(10-11-30-16)19(20-6-4-12-31-20)13-26-22(24-2)27-17-7-9-29(15-17)21-18(23)5-3-8-25-21;/h3-6,8,12,16-17,19H,7,9-11,13-15H2,1-2H3,(H2,24,26,27);1H. The van der Waals surface area contributed by atoms with Gasteiger partial charge in [0.2, 0.25) is 0 Å². The number of ether oxygens (including phenoxy) is 1. The van der Waals surface area contributed by atoms with E-state index >= 15 is 0 Å². The van der Waals surface area contributed by atoms with E-state index in [-0.39, 0.29) is 48.0 Å². The van der Waals surface area contributed by atoms with E-state index in [2.05, 4.69) is 49.9 Å². The normalized spacial score (nSPS) is 23.0. The zero-order valence-electron chi connectivity index (χ0n) is 18.5. The molecule has 2 saturated heterocycles. The Morgan fingerprint density at radius 2 is 2.22 bits per heavy atom. The molecule has 2 N–H and O–H groups in total. The highest BCUT2D eigenvalue weighted by Gasteiger charge is 2.28. The van der Waals surface area contributed by atoms with Crippen LogP contribution in [0.2, 0.25) is 0 Å². The quantitative estimate of drug-likeness (QED) is 0.314. The topological polar surface area (TPSA) is 65.0 Å². The molecule has 3 unspecified atom stereocenters. The van der Waals surface area contributed by atoms with Crippen molar-refractivity contribution < 1.29 is 9.13 Å². The van der Waals surface area contributed by atoms with Crippen LogP contribution in [0.15, 0.2) is 40.8 Å². The summed E-state index contributed by atoms with van der Waals surface area (Å²) in [6, 6.07) is 7.84. The summed E-state index contributed by atoms with van der Waals surface area (Å²) in [5.74, 6) is 0.925. The van der Waals surface area contributed by atoms with Crippen LogP contribution in [0.1, 0.15) is 24.3 Å². The lowest BCUT2D eigenvalue weighted by atomic mass is 10.1. The van der Waals surface area contributed by atoms with Gasteiger partial charge in [0.1, 0.15) is 0 Å². The summed E-state index contributed by atoms with van der Waals surface area (Å²) in [6.45, 7) is 6.96. The van der Waals surface area contributed by atoms with Gasteiger partial charge in [0.15, 0.2) is 17.6 Å². The lowest BCUT2D eigenvalue weighted by Crippen LogP contribution is -2.49. The molecular weight excluding hydrogens is 542 g/mol. The third-order valence-electron chi connectivity index (χ3n) is 5.84. The predicted molar refractivity (Wildman–Crippen MR) is 139 cm³/mol. The van der Waals surface area contributed by atoms with E-state index in [0.29, 0.717) is 12.4 Å². The van der Waals surface area contributed by atoms with Gasteiger partial charge in [0.25, 0.3) is 0 Å². The largest absolute Gasteiger partial charge is 0.376 e. The zero-order valence-corrected chi connectivity index (χ0v) is 21.7. The summed E-state index contributed by atoms with van der Waals surface area (Å²) in [7, 11) is 1.79. The molecule has 176 valence electrons. The molecule has 4 heterocycles. The third-order valence-corrected chi connectivity index (χ3v) is 6.81. The molecule has 0 aromatic carbocycles. The van der Waals surface area contributed by atoms with Crippen molar-refractivity contribution in [3.05, 3.63) is 46.5 Å². The lowest BCUT2D eigenvalue weighted by Gasteiger charge is -2.37. The Kier molecular flexibility index (Phi) is 9.50. The van der Waals surface area contributed by atoms with Crippen LogP contribution in [0.3, 0.4) is 0 Å². The van der Waals surface area contributed by atoms with Crippen LogP contribution < -0.4 is 15.5 Å². The molecule has 0 spiro atoms. The molecule has 2 aliphatic heterocycles. The third kappa shape index (κ3) is 6.30. The van der Waals surface area contributed by atoms with Gasteiger partial charge in [-0.3, -0.25) is 9.89 Å². The van der Waals surface area contributed by atoms with E-state index in [9.17, 15) is 4.39 Å². The summed E-state index contributed by atoms with van der Waals surface area (Å²) in [6.07, 6.45) is 2.79.